The van der Waals surface area contributed by atoms with E-state index >= 15 is 0 Å². The lowest BCUT2D eigenvalue weighted by atomic mass is 10.1. The number of anilines is 1. The van der Waals surface area contributed by atoms with Gasteiger partial charge in [0.05, 0.1) is 0 Å². The molecular weight excluding hydrogens is 268 g/mol. The molecule has 0 saturated carbocycles. The number of nitrogen functional groups attached to an aromatic ring is 1. The summed E-state index contributed by atoms with van der Waals surface area (Å²) >= 11 is 6.25. The lowest BCUT2D eigenvalue weighted by Gasteiger charge is -2.23. The second-order valence-corrected chi connectivity index (χ2v) is 5.41. The average molecular weight is 289 g/mol. The summed E-state index contributed by atoms with van der Waals surface area (Å²) in [7, 11) is 0. The van der Waals surface area contributed by atoms with Crippen LogP contribution >= 0.6 is 11.6 Å². The molecule has 3 heteroatoms. The molecule has 2 nitrogen and oxygen atoms in total. The van der Waals surface area contributed by atoms with Gasteiger partial charge >= 0.3 is 0 Å². The molecule has 106 valence electrons. The van der Waals surface area contributed by atoms with Crippen LogP contribution in [0, 0.1) is 0 Å². The fourth-order valence-electron chi connectivity index (χ4n) is 2.32. The third-order valence-electron chi connectivity index (χ3n) is 3.34. The Kier molecular flexibility index (Phi) is 5.45. The number of nitrogens with zero attached hydrogens (tertiary/aromatic N) is 1. The average Bonchev–Trinajstić information content (AvgIpc) is 2.44. The molecule has 2 aromatic rings. The van der Waals surface area contributed by atoms with Crippen LogP contribution in [0.15, 0.2) is 48.5 Å². The fraction of sp³-hybridized carbons (Fsp3) is 0.294. The maximum atomic E-state index is 6.25. The molecule has 0 heterocycles. The molecule has 0 spiro atoms. The molecule has 0 atom stereocenters. The van der Waals surface area contributed by atoms with E-state index in [0.29, 0.717) is 0 Å². The second-order valence-electron chi connectivity index (χ2n) is 5.00. The lowest BCUT2D eigenvalue weighted by Crippen LogP contribution is -2.24. The maximum absolute atomic E-state index is 6.25. The molecule has 0 aliphatic carbocycles. The van der Waals surface area contributed by atoms with Crippen LogP contribution in [-0.4, -0.2) is 11.4 Å². The highest BCUT2D eigenvalue weighted by Gasteiger charge is 2.09. The SMILES string of the molecule is CCCN(Cc1ccccc1N)Cc1ccccc1Cl. The number of nitrogens with two attached hydrogens (primary N) is 1. The molecule has 0 bridgehead atoms. The maximum Gasteiger partial charge on any atom is 0.0451 e. The molecule has 0 fully saturated rings. The van der Waals surface area contributed by atoms with Crippen molar-refractivity contribution in [1.29, 1.82) is 0 Å². The molecule has 20 heavy (non-hydrogen) atoms. The van der Waals surface area contributed by atoms with E-state index in [0.717, 1.165) is 42.3 Å². The molecule has 0 amide bonds. The summed E-state index contributed by atoms with van der Waals surface area (Å²) < 4.78 is 0. The van der Waals surface area contributed by atoms with E-state index in [4.69, 9.17) is 17.3 Å². The minimum absolute atomic E-state index is 0.828. The zero-order valence-corrected chi connectivity index (χ0v) is 12.6. The van der Waals surface area contributed by atoms with Crippen LogP contribution in [0.25, 0.3) is 0 Å². The van der Waals surface area contributed by atoms with Crippen molar-refractivity contribution in [3.8, 4) is 0 Å². The summed E-state index contributed by atoms with van der Waals surface area (Å²) in [6, 6.07) is 16.1. The molecule has 0 saturated heterocycles. The highest BCUT2D eigenvalue weighted by atomic mass is 35.5. The number of benzene rings is 2. The van der Waals surface area contributed by atoms with Crippen LogP contribution < -0.4 is 5.73 Å². The number of para-hydroxylation sites is 1. The third-order valence-corrected chi connectivity index (χ3v) is 3.71. The summed E-state index contributed by atoms with van der Waals surface area (Å²) in [5, 5.41) is 0.828. The monoisotopic (exact) mass is 288 g/mol. The van der Waals surface area contributed by atoms with Crippen LogP contribution in [0.5, 0.6) is 0 Å². The van der Waals surface area contributed by atoms with Crippen molar-refractivity contribution >= 4 is 17.3 Å². The van der Waals surface area contributed by atoms with Gasteiger partial charge in [0.2, 0.25) is 0 Å². The minimum atomic E-state index is 0.828. The number of halogens is 1. The quantitative estimate of drug-likeness (QED) is 0.802. The Balaban J connectivity index is 2.12. The van der Waals surface area contributed by atoms with E-state index in [1.54, 1.807) is 0 Å². The van der Waals surface area contributed by atoms with Gasteiger partial charge in [0.25, 0.3) is 0 Å². The topological polar surface area (TPSA) is 29.3 Å². The van der Waals surface area contributed by atoms with Gasteiger partial charge in [-0.05, 0) is 36.2 Å². The second kappa shape index (κ2) is 7.32. The van der Waals surface area contributed by atoms with Crippen molar-refractivity contribution in [3.05, 3.63) is 64.7 Å². The van der Waals surface area contributed by atoms with E-state index in [1.807, 2.05) is 36.4 Å². The van der Waals surface area contributed by atoms with Crippen LogP contribution in [0.2, 0.25) is 5.02 Å². The van der Waals surface area contributed by atoms with Crippen molar-refractivity contribution in [2.24, 2.45) is 0 Å². The zero-order valence-electron chi connectivity index (χ0n) is 11.8. The number of rotatable bonds is 6. The van der Waals surface area contributed by atoms with Gasteiger partial charge in [-0.2, -0.15) is 0 Å². The van der Waals surface area contributed by atoms with E-state index in [-0.39, 0.29) is 0 Å². The van der Waals surface area contributed by atoms with Crippen molar-refractivity contribution in [2.75, 3.05) is 12.3 Å². The molecule has 0 aromatic heterocycles. The minimum Gasteiger partial charge on any atom is -0.398 e. The highest BCUT2D eigenvalue weighted by molar-refractivity contribution is 6.31. The largest absolute Gasteiger partial charge is 0.398 e. The van der Waals surface area contributed by atoms with Gasteiger partial charge in [0.1, 0.15) is 0 Å². The molecule has 2 N–H and O–H groups in total. The van der Waals surface area contributed by atoms with Crippen LogP contribution in [0.4, 0.5) is 5.69 Å². The first-order chi connectivity index (χ1) is 9.70. The Morgan fingerprint density at radius 3 is 2.20 bits per heavy atom. The Bertz CT molecular complexity index is 507. The van der Waals surface area contributed by atoms with E-state index < -0.39 is 0 Å². The summed E-state index contributed by atoms with van der Waals surface area (Å²) in [6.07, 6.45) is 1.11. The van der Waals surface area contributed by atoms with E-state index in [2.05, 4.69) is 24.0 Å². The van der Waals surface area contributed by atoms with Crippen LogP contribution in [0.3, 0.4) is 0 Å². The first-order valence-electron chi connectivity index (χ1n) is 7.00. The van der Waals surface area contributed by atoms with Crippen molar-refractivity contribution in [1.82, 2.24) is 4.90 Å². The Morgan fingerprint density at radius 1 is 0.950 bits per heavy atom. The molecule has 0 aliphatic rings. The molecule has 0 aliphatic heterocycles. The molecule has 0 radical (unpaired) electrons. The van der Waals surface area contributed by atoms with Gasteiger partial charge in [0, 0.05) is 23.8 Å². The van der Waals surface area contributed by atoms with Gasteiger partial charge in [-0.3, -0.25) is 4.90 Å². The van der Waals surface area contributed by atoms with Gasteiger partial charge in [0.15, 0.2) is 0 Å². The summed E-state index contributed by atoms with van der Waals surface area (Å²) in [6.45, 7) is 4.92. The smallest absolute Gasteiger partial charge is 0.0451 e. The zero-order chi connectivity index (χ0) is 14.4. The molecular formula is C17H21ClN2. The van der Waals surface area contributed by atoms with Gasteiger partial charge < -0.3 is 5.73 Å². The fourth-order valence-corrected chi connectivity index (χ4v) is 2.51. The standard InChI is InChI=1S/C17H21ClN2/c1-2-11-20(12-14-7-3-5-9-16(14)18)13-15-8-4-6-10-17(15)19/h3-10H,2,11-13,19H2,1H3. The summed E-state index contributed by atoms with van der Waals surface area (Å²) in [4.78, 5) is 2.38. The van der Waals surface area contributed by atoms with Gasteiger partial charge in [-0.25, -0.2) is 0 Å². The van der Waals surface area contributed by atoms with Crippen molar-refractivity contribution < 1.29 is 0 Å². The Morgan fingerprint density at radius 2 is 1.55 bits per heavy atom. The van der Waals surface area contributed by atoms with E-state index in [1.165, 1.54) is 5.56 Å². The number of hydrogen-bond donors (Lipinski definition) is 1. The van der Waals surface area contributed by atoms with Gasteiger partial charge in [-0.15, -0.1) is 0 Å². The van der Waals surface area contributed by atoms with Crippen LogP contribution in [0.1, 0.15) is 24.5 Å². The van der Waals surface area contributed by atoms with Crippen molar-refractivity contribution in [2.45, 2.75) is 26.4 Å². The first kappa shape index (κ1) is 14.9. The van der Waals surface area contributed by atoms with E-state index in [9.17, 15) is 0 Å². The Hall–Kier alpha value is -1.51. The lowest BCUT2D eigenvalue weighted by molar-refractivity contribution is 0.258. The number of hydrogen-bond acceptors (Lipinski definition) is 2. The molecule has 0 unspecified atom stereocenters. The highest BCUT2D eigenvalue weighted by Crippen LogP contribution is 2.20. The predicted molar refractivity (Wildman–Crippen MR) is 86.7 cm³/mol. The molecule has 2 aromatic carbocycles. The van der Waals surface area contributed by atoms with Gasteiger partial charge in [-0.1, -0.05) is 54.9 Å². The third kappa shape index (κ3) is 3.99. The summed E-state index contributed by atoms with van der Waals surface area (Å²) in [5.74, 6) is 0. The van der Waals surface area contributed by atoms with Crippen LogP contribution in [-0.2, 0) is 13.1 Å². The predicted octanol–water partition coefficient (Wildman–Crippen LogP) is 4.33. The summed E-state index contributed by atoms with van der Waals surface area (Å²) in [5.41, 5.74) is 9.23. The van der Waals surface area contributed by atoms with Crippen molar-refractivity contribution in [3.63, 3.8) is 0 Å². The normalized spacial score (nSPS) is 10.9. The Labute approximate surface area is 126 Å². The molecule has 2 rings (SSSR count). The first-order valence-corrected chi connectivity index (χ1v) is 7.37.